The second-order valence-corrected chi connectivity index (χ2v) is 7.18. The van der Waals surface area contributed by atoms with Crippen molar-refractivity contribution in [1.82, 2.24) is 9.66 Å². The Morgan fingerprint density at radius 3 is 2.57 bits per heavy atom. The lowest BCUT2D eigenvalue weighted by Crippen LogP contribution is -2.34. The van der Waals surface area contributed by atoms with Gasteiger partial charge in [0.05, 0.1) is 20.7 Å². The molecule has 0 aliphatic carbocycles. The molecule has 0 saturated carbocycles. The molecule has 30 heavy (non-hydrogen) atoms. The summed E-state index contributed by atoms with van der Waals surface area (Å²) >= 11 is 1.40. The van der Waals surface area contributed by atoms with Crippen molar-refractivity contribution in [2.45, 2.75) is 0 Å². The van der Waals surface area contributed by atoms with Crippen LogP contribution in [0.2, 0.25) is 0 Å². The van der Waals surface area contributed by atoms with E-state index in [2.05, 4.69) is 10.4 Å². The lowest BCUT2D eigenvalue weighted by atomic mass is 10.2. The summed E-state index contributed by atoms with van der Waals surface area (Å²) in [6.45, 7) is 0. The van der Waals surface area contributed by atoms with Gasteiger partial charge in [0.15, 0.2) is 5.82 Å². The van der Waals surface area contributed by atoms with E-state index in [0.29, 0.717) is 22.3 Å². The number of carbonyl (C=O) groups is 1. The minimum Gasteiger partial charge on any atom is -0.268 e. The molecule has 0 unspecified atom stereocenters. The van der Waals surface area contributed by atoms with Crippen LogP contribution >= 0.6 is 11.3 Å². The van der Waals surface area contributed by atoms with E-state index in [9.17, 15) is 19.7 Å². The molecular weight excluding hydrogens is 404 g/mol. The number of thiophene rings is 1. The average molecular weight is 418 g/mol. The Balaban J connectivity index is 1.66. The van der Waals surface area contributed by atoms with Gasteiger partial charge in [0.25, 0.3) is 17.2 Å². The van der Waals surface area contributed by atoms with Crippen LogP contribution in [0.3, 0.4) is 0 Å². The third kappa shape index (κ3) is 3.87. The van der Waals surface area contributed by atoms with Crippen molar-refractivity contribution >= 4 is 39.9 Å². The van der Waals surface area contributed by atoms with Crippen LogP contribution in [-0.4, -0.2) is 20.5 Å². The third-order valence-electron chi connectivity index (χ3n) is 4.27. The number of amides is 1. The number of hydrogen-bond donors (Lipinski definition) is 1. The Morgan fingerprint density at radius 2 is 1.87 bits per heavy atom. The molecule has 4 rings (SSSR count). The molecule has 0 aliphatic rings. The van der Waals surface area contributed by atoms with Crippen molar-refractivity contribution in [3.8, 4) is 10.7 Å². The molecule has 0 atom stereocenters. The first-order valence-corrected chi connectivity index (χ1v) is 9.70. The van der Waals surface area contributed by atoms with E-state index < -0.39 is 10.8 Å². The summed E-state index contributed by atoms with van der Waals surface area (Å²) in [6, 6.07) is 16.3. The highest BCUT2D eigenvalue weighted by Gasteiger charge is 2.14. The Kier molecular flexibility index (Phi) is 5.19. The molecular formula is C21H14N4O4S. The molecule has 0 saturated heterocycles. The first kappa shape index (κ1) is 19.2. The van der Waals surface area contributed by atoms with Gasteiger partial charge in [0.1, 0.15) is 0 Å². The summed E-state index contributed by atoms with van der Waals surface area (Å²) < 4.78 is 1.14. The number of nitrogens with zero attached hydrogens (tertiary/aromatic N) is 3. The molecule has 1 N–H and O–H groups in total. The molecule has 1 amide bonds. The minimum absolute atomic E-state index is 0.0361. The number of hydrogen-bond acceptors (Lipinski definition) is 6. The Labute approximate surface area is 173 Å². The first-order chi connectivity index (χ1) is 14.5. The molecule has 148 valence electrons. The molecule has 9 heteroatoms. The molecule has 0 spiro atoms. The fourth-order valence-electron chi connectivity index (χ4n) is 2.83. The van der Waals surface area contributed by atoms with Crippen LogP contribution in [0, 0.1) is 10.1 Å². The van der Waals surface area contributed by atoms with E-state index in [1.54, 1.807) is 24.3 Å². The summed E-state index contributed by atoms with van der Waals surface area (Å²) in [7, 11) is 0. The van der Waals surface area contributed by atoms with Gasteiger partial charge in [0, 0.05) is 18.2 Å². The smallest absolute Gasteiger partial charge is 0.268 e. The van der Waals surface area contributed by atoms with Gasteiger partial charge in [-0.05, 0) is 47.4 Å². The van der Waals surface area contributed by atoms with E-state index in [-0.39, 0.29) is 11.2 Å². The van der Waals surface area contributed by atoms with Gasteiger partial charge < -0.3 is 0 Å². The molecule has 0 fully saturated rings. The fourth-order valence-corrected chi connectivity index (χ4v) is 3.54. The predicted molar refractivity (Wildman–Crippen MR) is 116 cm³/mol. The zero-order valence-electron chi connectivity index (χ0n) is 15.4. The number of nitro benzene ring substituents is 1. The zero-order valence-corrected chi connectivity index (χ0v) is 16.2. The highest BCUT2D eigenvalue weighted by molar-refractivity contribution is 7.13. The second-order valence-electron chi connectivity index (χ2n) is 6.23. The standard InChI is InChI=1S/C21H14N4O4S/c26-19(12-9-14-7-10-15(11-8-14)25(28)29)23-24-20(18-6-3-13-30-18)22-17-5-2-1-4-16(17)21(24)27/h1-13H,(H,23,26). The van der Waals surface area contributed by atoms with Crippen molar-refractivity contribution in [2.75, 3.05) is 5.43 Å². The number of aromatic nitrogens is 2. The molecule has 2 aromatic heterocycles. The molecule has 0 bridgehead atoms. The number of nitrogens with one attached hydrogen (secondary N) is 1. The van der Waals surface area contributed by atoms with Crippen LogP contribution < -0.4 is 11.0 Å². The highest BCUT2D eigenvalue weighted by Crippen LogP contribution is 2.23. The molecule has 0 aliphatic heterocycles. The predicted octanol–water partition coefficient (Wildman–Crippen LogP) is 3.82. The van der Waals surface area contributed by atoms with Crippen molar-refractivity contribution in [3.63, 3.8) is 0 Å². The van der Waals surface area contributed by atoms with Crippen molar-refractivity contribution in [1.29, 1.82) is 0 Å². The summed E-state index contributed by atoms with van der Waals surface area (Å²) in [6.07, 6.45) is 2.75. The van der Waals surface area contributed by atoms with Gasteiger partial charge in [0.2, 0.25) is 0 Å². The number of benzene rings is 2. The third-order valence-corrected chi connectivity index (χ3v) is 5.14. The highest BCUT2D eigenvalue weighted by atomic mass is 32.1. The van der Waals surface area contributed by atoms with Gasteiger partial charge in [-0.1, -0.05) is 18.2 Å². The minimum atomic E-state index is -0.537. The maximum Gasteiger partial charge on any atom is 0.280 e. The quantitative estimate of drug-likeness (QED) is 0.301. The van der Waals surface area contributed by atoms with Gasteiger partial charge in [-0.25, -0.2) is 4.98 Å². The van der Waals surface area contributed by atoms with Crippen LogP contribution in [0.4, 0.5) is 5.69 Å². The normalized spacial score (nSPS) is 11.1. The zero-order chi connectivity index (χ0) is 21.1. The summed E-state index contributed by atoms with van der Waals surface area (Å²) in [5.74, 6) is -0.198. The van der Waals surface area contributed by atoms with Crippen LogP contribution in [0.5, 0.6) is 0 Å². The number of para-hydroxylation sites is 1. The molecule has 4 aromatic rings. The van der Waals surface area contributed by atoms with Crippen LogP contribution in [0.25, 0.3) is 27.7 Å². The lowest BCUT2D eigenvalue weighted by Gasteiger charge is -2.12. The lowest BCUT2D eigenvalue weighted by molar-refractivity contribution is -0.384. The van der Waals surface area contributed by atoms with E-state index in [0.717, 1.165) is 9.55 Å². The number of nitro groups is 1. The molecule has 2 heterocycles. The van der Waals surface area contributed by atoms with Crippen molar-refractivity contribution < 1.29 is 9.72 Å². The number of fused-ring (bicyclic) bond motifs is 1. The van der Waals surface area contributed by atoms with E-state index in [4.69, 9.17) is 0 Å². The van der Waals surface area contributed by atoms with Gasteiger partial charge in [-0.3, -0.25) is 25.1 Å². The van der Waals surface area contributed by atoms with E-state index in [1.165, 1.54) is 47.8 Å². The number of non-ortho nitro benzene ring substituents is 1. The molecule has 0 radical (unpaired) electrons. The van der Waals surface area contributed by atoms with Crippen LogP contribution in [0.1, 0.15) is 5.56 Å². The summed E-state index contributed by atoms with van der Waals surface area (Å²) in [4.78, 5) is 41.0. The van der Waals surface area contributed by atoms with Crippen LogP contribution in [0.15, 0.2) is 76.9 Å². The Hall–Kier alpha value is -4.11. The van der Waals surface area contributed by atoms with E-state index >= 15 is 0 Å². The Bertz CT molecular complexity index is 1330. The first-order valence-electron chi connectivity index (χ1n) is 8.82. The topological polar surface area (TPSA) is 107 Å². The number of carbonyl (C=O) groups excluding carboxylic acids is 1. The largest absolute Gasteiger partial charge is 0.280 e. The summed E-state index contributed by atoms with van der Waals surface area (Å²) in [5, 5.41) is 13.0. The molecule has 8 nitrogen and oxygen atoms in total. The van der Waals surface area contributed by atoms with Gasteiger partial charge >= 0.3 is 0 Å². The summed E-state index contributed by atoms with van der Waals surface area (Å²) in [5.41, 5.74) is 3.30. The maximum absolute atomic E-state index is 13.0. The van der Waals surface area contributed by atoms with Crippen LogP contribution in [-0.2, 0) is 4.79 Å². The van der Waals surface area contributed by atoms with Gasteiger partial charge in [-0.2, -0.15) is 4.68 Å². The monoisotopic (exact) mass is 418 g/mol. The van der Waals surface area contributed by atoms with Gasteiger partial charge in [-0.15, -0.1) is 11.3 Å². The Morgan fingerprint density at radius 1 is 1.10 bits per heavy atom. The van der Waals surface area contributed by atoms with E-state index in [1.807, 2.05) is 17.5 Å². The van der Waals surface area contributed by atoms with Crippen molar-refractivity contribution in [2.24, 2.45) is 0 Å². The molecule has 2 aromatic carbocycles. The second kappa shape index (κ2) is 8.10. The SMILES string of the molecule is O=C(C=Cc1ccc([N+](=O)[O-])cc1)Nn1c(-c2cccs2)nc2ccccc2c1=O. The maximum atomic E-state index is 13.0. The fraction of sp³-hybridized carbons (Fsp3) is 0. The number of rotatable bonds is 5. The van der Waals surface area contributed by atoms with Crippen molar-refractivity contribution in [3.05, 3.63) is 98.2 Å². The average Bonchev–Trinajstić information content (AvgIpc) is 3.29.